The normalized spacial score (nSPS) is 11.6. The van der Waals surface area contributed by atoms with Crippen LogP contribution in [0.5, 0.6) is 5.75 Å². The smallest absolute Gasteiger partial charge is 0.233 e. The highest BCUT2D eigenvalue weighted by Crippen LogP contribution is 2.40. The van der Waals surface area contributed by atoms with E-state index in [0.717, 1.165) is 6.07 Å². The average molecular weight is 261 g/mol. The molecule has 0 aromatic heterocycles. The molecule has 0 amide bonds. The molecule has 2 rings (SSSR count). The number of phenols is 1. The van der Waals surface area contributed by atoms with Crippen molar-refractivity contribution in [2.24, 2.45) is 0 Å². The summed E-state index contributed by atoms with van der Waals surface area (Å²) in [6, 6.07) is 3.84. The molecule has 1 N–H and O–H groups in total. The second kappa shape index (κ2) is 4.20. The third-order valence-electron chi connectivity index (χ3n) is 3.01. The molecule has 19 heavy (non-hydrogen) atoms. The second-order valence-corrected chi connectivity index (χ2v) is 5.47. The Balaban J connectivity index is 3.06. The van der Waals surface area contributed by atoms with Crippen LogP contribution in [0, 0.1) is 18.2 Å². The molecule has 0 fully saturated rings. The van der Waals surface area contributed by atoms with Crippen molar-refractivity contribution in [2.75, 3.05) is 0 Å². The summed E-state index contributed by atoms with van der Waals surface area (Å²) in [6.45, 7) is 12.7. The van der Waals surface area contributed by atoms with Crippen molar-refractivity contribution >= 4 is 16.5 Å². The fourth-order valence-corrected chi connectivity index (χ4v) is 2.15. The SMILES string of the molecule is [C-]#[N+]c1c(F)c(F)cc2cc(O)cc(C(C)(C)C)c12. The second-order valence-electron chi connectivity index (χ2n) is 5.47. The van der Waals surface area contributed by atoms with Crippen LogP contribution in [0.1, 0.15) is 26.3 Å². The van der Waals surface area contributed by atoms with Crippen molar-refractivity contribution in [1.29, 1.82) is 0 Å². The summed E-state index contributed by atoms with van der Waals surface area (Å²) >= 11 is 0. The number of phenolic OH excluding ortho intramolecular Hbond substituents is 1. The predicted octanol–water partition coefficient (Wildman–Crippen LogP) is 4.67. The maximum atomic E-state index is 13.7. The number of hydrogen-bond acceptors (Lipinski definition) is 1. The highest BCUT2D eigenvalue weighted by Gasteiger charge is 2.23. The molecule has 0 aliphatic rings. The Labute approximate surface area is 110 Å². The Kier molecular flexibility index (Phi) is 2.94. The predicted molar refractivity (Wildman–Crippen MR) is 70.5 cm³/mol. The molecule has 98 valence electrons. The molecule has 0 saturated carbocycles. The lowest BCUT2D eigenvalue weighted by Gasteiger charge is -2.23. The Morgan fingerprint density at radius 3 is 2.32 bits per heavy atom. The molecule has 0 saturated heterocycles. The summed E-state index contributed by atoms with van der Waals surface area (Å²) in [5, 5.41) is 10.4. The van der Waals surface area contributed by atoms with Crippen molar-refractivity contribution in [3.8, 4) is 5.75 Å². The third-order valence-corrected chi connectivity index (χ3v) is 3.01. The summed E-state index contributed by atoms with van der Waals surface area (Å²) in [5.41, 5.74) is -0.118. The average Bonchev–Trinajstić information content (AvgIpc) is 2.29. The first-order valence-corrected chi connectivity index (χ1v) is 5.78. The summed E-state index contributed by atoms with van der Waals surface area (Å²) in [4.78, 5) is 3.12. The number of rotatable bonds is 0. The summed E-state index contributed by atoms with van der Waals surface area (Å²) < 4.78 is 27.2. The number of hydrogen-bond donors (Lipinski definition) is 1. The van der Waals surface area contributed by atoms with Gasteiger partial charge in [0.25, 0.3) is 0 Å². The van der Waals surface area contributed by atoms with Crippen LogP contribution in [0.25, 0.3) is 15.6 Å². The largest absolute Gasteiger partial charge is 0.508 e. The van der Waals surface area contributed by atoms with Crippen LogP contribution in [0.2, 0.25) is 0 Å². The summed E-state index contributed by atoms with van der Waals surface area (Å²) in [7, 11) is 0. The quantitative estimate of drug-likeness (QED) is 0.685. The first-order valence-electron chi connectivity index (χ1n) is 5.78. The van der Waals surface area contributed by atoms with E-state index in [-0.39, 0.29) is 11.4 Å². The van der Waals surface area contributed by atoms with Gasteiger partial charge in [0.1, 0.15) is 11.6 Å². The van der Waals surface area contributed by atoms with E-state index in [4.69, 9.17) is 6.57 Å². The van der Waals surface area contributed by atoms with Gasteiger partial charge in [-0.15, -0.1) is 0 Å². The van der Waals surface area contributed by atoms with Crippen molar-refractivity contribution < 1.29 is 13.9 Å². The molecule has 0 atom stereocenters. The van der Waals surface area contributed by atoms with Gasteiger partial charge in [0.05, 0.1) is 6.57 Å². The van der Waals surface area contributed by atoms with Crippen LogP contribution < -0.4 is 0 Å². The minimum absolute atomic E-state index is 0.0284. The molecule has 0 unspecified atom stereocenters. The number of fused-ring (bicyclic) bond motifs is 1. The number of nitrogens with zero attached hydrogens (tertiary/aromatic N) is 1. The zero-order chi connectivity index (χ0) is 14.4. The van der Waals surface area contributed by atoms with Gasteiger partial charge in [-0.05, 0) is 39.9 Å². The monoisotopic (exact) mass is 261 g/mol. The van der Waals surface area contributed by atoms with E-state index in [1.165, 1.54) is 12.1 Å². The van der Waals surface area contributed by atoms with Gasteiger partial charge >= 0.3 is 0 Å². The van der Waals surface area contributed by atoms with Gasteiger partial charge in [-0.25, -0.2) is 13.6 Å². The van der Waals surface area contributed by atoms with Crippen LogP contribution in [0.4, 0.5) is 14.5 Å². The van der Waals surface area contributed by atoms with Crippen LogP contribution >= 0.6 is 0 Å². The Morgan fingerprint density at radius 1 is 1.16 bits per heavy atom. The van der Waals surface area contributed by atoms with E-state index in [2.05, 4.69) is 4.85 Å². The van der Waals surface area contributed by atoms with Gasteiger partial charge in [-0.3, -0.25) is 0 Å². The van der Waals surface area contributed by atoms with E-state index in [1.54, 1.807) is 0 Å². The third kappa shape index (κ3) is 2.12. The zero-order valence-corrected chi connectivity index (χ0v) is 10.9. The highest BCUT2D eigenvalue weighted by molar-refractivity contribution is 5.99. The van der Waals surface area contributed by atoms with E-state index < -0.39 is 17.0 Å². The van der Waals surface area contributed by atoms with Crippen LogP contribution in [0.3, 0.4) is 0 Å². The lowest BCUT2D eigenvalue weighted by Crippen LogP contribution is -2.12. The maximum absolute atomic E-state index is 13.7. The van der Waals surface area contributed by atoms with Gasteiger partial charge < -0.3 is 5.11 Å². The van der Waals surface area contributed by atoms with Crippen molar-refractivity contribution in [3.05, 3.63) is 46.8 Å². The van der Waals surface area contributed by atoms with E-state index in [9.17, 15) is 13.9 Å². The van der Waals surface area contributed by atoms with Crippen LogP contribution in [-0.2, 0) is 5.41 Å². The summed E-state index contributed by atoms with van der Waals surface area (Å²) in [5.74, 6) is -2.25. The lowest BCUT2D eigenvalue weighted by molar-refractivity contribution is 0.472. The lowest BCUT2D eigenvalue weighted by atomic mass is 9.83. The first kappa shape index (κ1) is 13.3. The molecule has 0 heterocycles. The van der Waals surface area contributed by atoms with Gasteiger partial charge in [-0.1, -0.05) is 20.8 Å². The van der Waals surface area contributed by atoms with Crippen molar-refractivity contribution in [2.45, 2.75) is 26.2 Å². The molecule has 4 heteroatoms. The van der Waals surface area contributed by atoms with E-state index in [0.29, 0.717) is 16.3 Å². The highest BCUT2D eigenvalue weighted by atomic mass is 19.2. The fraction of sp³-hybridized carbons (Fsp3) is 0.267. The molecular formula is C15H13F2NO. The van der Waals surface area contributed by atoms with Crippen molar-refractivity contribution in [1.82, 2.24) is 0 Å². The van der Waals surface area contributed by atoms with Crippen LogP contribution in [-0.4, -0.2) is 5.11 Å². The summed E-state index contributed by atoms with van der Waals surface area (Å²) in [6.07, 6.45) is 0. The van der Waals surface area contributed by atoms with Crippen molar-refractivity contribution in [3.63, 3.8) is 0 Å². The molecule has 2 nitrogen and oxygen atoms in total. The topological polar surface area (TPSA) is 24.6 Å². The minimum atomic E-state index is -1.14. The molecular weight excluding hydrogens is 248 g/mol. The van der Waals surface area contributed by atoms with Gasteiger partial charge in [0, 0.05) is 0 Å². The Hall–Kier alpha value is -2.15. The molecule has 2 aromatic rings. The Morgan fingerprint density at radius 2 is 1.79 bits per heavy atom. The fourth-order valence-electron chi connectivity index (χ4n) is 2.15. The van der Waals surface area contributed by atoms with Gasteiger partial charge in [0.15, 0.2) is 5.82 Å². The van der Waals surface area contributed by atoms with Gasteiger partial charge in [0.2, 0.25) is 5.69 Å². The van der Waals surface area contributed by atoms with E-state index in [1.807, 2.05) is 20.8 Å². The Bertz CT molecular complexity index is 709. The number of benzene rings is 2. The zero-order valence-electron chi connectivity index (χ0n) is 10.9. The standard InChI is InChI=1S/C15H13F2NO/c1-15(2,3)10-7-9(19)5-8-6-11(16)13(17)14(18-4)12(8)10/h5-7,19H,1-3H3. The van der Waals surface area contributed by atoms with Crippen LogP contribution in [0.15, 0.2) is 18.2 Å². The maximum Gasteiger partial charge on any atom is 0.233 e. The molecule has 0 radical (unpaired) electrons. The van der Waals surface area contributed by atoms with E-state index >= 15 is 0 Å². The molecule has 2 aromatic carbocycles. The molecule has 0 spiro atoms. The molecule has 0 bridgehead atoms. The number of halogens is 2. The van der Waals surface area contributed by atoms with Gasteiger partial charge in [-0.2, -0.15) is 0 Å². The molecule has 0 aliphatic carbocycles. The number of aromatic hydroxyl groups is 1. The first-order chi connectivity index (χ1) is 8.75. The molecule has 0 aliphatic heterocycles. The minimum Gasteiger partial charge on any atom is -0.508 e.